The van der Waals surface area contributed by atoms with Crippen molar-refractivity contribution < 1.29 is 4.79 Å². The van der Waals surface area contributed by atoms with Crippen LogP contribution in [0.15, 0.2) is 12.1 Å². The first kappa shape index (κ1) is 14.3. The number of carbonyl (C=O) groups is 1. The molecule has 1 unspecified atom stereocenters. The lowest BCUT2D eigenvalue weighted by Gasteiger charge is -2.23. The summed E-state index contributed by atoms with van der Waals surface area (Å²) in [5.74, 6) is 0.103. The van der Waals surface area contributed by atoms with Crippen molar-refractivity contribution >= 4 is 17.5 Å². The zero-order valence-corrected chi connectivity index (χ0v) is 12.4. The van der Waals surface area contributed by atoms with E-state index in [0.29, 0.717) is 16.8 Å². The minimum atomic E-state index is 0.103. The highest BCUT2D eigenvalue weighted by molar-refractivity contribution is 6.29. The summed E-state index contributed by atoms with van der Waals surface area (Å²) in [5, 5.41) is 0.418. The van der Waals surface area contributed by atoms with E-state index >= 15 is 0 Å². The van der Waals surface area contributed by atoms with Gasteiger partial charge in [-0.1, -0.05) is 31.9 Å². The molecule has 1 atom stereocenters. The first-order valence-corrected chi connectivity index (χ1v) is 7.51. The van der Waals surface area contributed by atoms with Crippen molar-refractivity contribution in [2.24, 2.45) is 0 Å². The average molecular weight is 281 g/mol. The predicted molar refractivity (Wildman–Crippen MR) is 77.6 cm³/mol. The van der Waals surface area contributed by atoms with Crippen LogP contribution < -0.4 is 0 Å². The summed E-state index contributed by atoms with van der Waals surface area (Å²) in [7, 11) is 0. The molecule has 0 aliphatic carbocycles. The van der Waals surface area contributed by atoms with Crippen LogP contribution >= 0.6 is 11.6 Å². The number of aromatic nitrogens is 1. The van der Waals surface area contributed by atoms with Crippen molar-refractivity contribution in [2.45, 2.75) is 52.0 Å². The summed E-state index contributed by atoms with van der Waals surface area (Å²) in [6.45, 7) is 5.09. The van der Waals surface area contributed by atoms with Crippen molar-refractivity contribution in [1.82, 2.24) is 9.88 Å². The van der Waals surface area contributed by atoms with E-state index in [1.54, 1.807) is 6.07 Å². The van der Waals surface area contributed by atoms with E-state index in [1.165, 1.54) is 0 Å². The van der Waals surface area contributed by atoms with Crippen LogP contribution in [0.1, 0.15) is 55.6 Å². The van der Waals surface area contributed by atoms with Gasteiger partial charge in [-0.05, 0) is 37.8 Å². The van der Waals surface area contributed by atoms with Gasteiger partial charge in [0.15, 0.2) is 0 Å². The van der Waals surface area contributed by atoms with Crippen LogP contribution in [0.3, 0.4) is 0 Å². The van der Waals surface area contributed by atoms with Gasteiger partial charge >= 0.3 is 0 Å². The number of amides is 1. The quantitative estimate of drug-likeness (QED) is 0.788. The number of pyridine rings is 1. The number of carbonyl (C=O) groups excluding carboxylic acids is 1. The highest BCUT2D eigenvalue weighted by Gasteiger charge is 2.28. The SMILES string of the molecule is CCCc1cc(C(=O)N2CCCC2CC)cc(Cl)n1. The van der Waals surface area contributed by atoms with Crippen LogP contribution in [0.4, 0.5) is 0 Å². The molecule has 2 rings (SSSR count). The van der Waals surface area contributed by atoms with Gasteiger partial charge in [-0.25, -0.2) is 4.98 Å². The van der Waals surface area contributed by atoms with Crippen molar-refractivity contribution in [1.29, 1.82) is 0 Å². The summed E-state index contributed by atoms with van der Waals surface area (Å²) < 4.78 is 0. The van der Waals surface area contributed by atoms with Crippen LogP contribution in [0.5, 0.6) is 0 Å². The lowest BCUT2D eigenvalue weighted by molar-refractivity contribution is 0.0733. The fourth-order valence-electron chi connectivity index (χ4n) is 2.75. The molecule has 1 aliphatic heterocycles. The van der Waals surface area contributed by atoms with Gasteiger partial charge in [-0.15, -0.1) is 0 Å². The Morgan fingerprint density at radius 3 is 2.95 bits per heavy atom. The third-order valence-electron chi connectivity index (χ3n) is 3.71. The standard InChI is InChI=1S/C15H21ClN2O/c1-3-6-12-9-11(10-14(16)17-12)15(19)18-8-5-7-13(18)4-2/h9-10,13H,3-8H2,1-2H3. The maximum Gasteiger partial charge on any atom is 0.254 e. The number of halogens is 1. The molecule has 1 fully saturated rings. The molecule has 0 aromatic carbocycles. The fraction of sp³-hybridized carbons (Fsp3) is 0.600. The second-order valence-corrected chi connectivity index (χ2v) is 5.51. The van der Waals surface area contributed by atoms with Gasteiger partial charge in [0.25, 0.3) is 5.91 Å². The van der Waals surface area contributed by atoms with Crippen LogP contribution in [-0.4, -0.2) is 28.4 Å². The van der Waals surface area contributed by atoms with Crippen molar-refractivity contribution in [3.05, 3.63) is 28.5 Å². The summed E-state index contributed by atoms with van der Waals surface area (Å²) in [4.78, 5) is 18.8. The van der Waals surface area contributed by atoms with E-state index in [0.717, 1.165) is 44.3 Å². The molecule has 0 radical (unpaired) electrons. The Hall–Kier alpha value is -1.09. The molecule has 0 N–H and O–H groups in total. The third kappa shape index (κ3) is 3.27. The first-order valence-electron chi connectivity index (χ1n) is 7.13. The number of likely N-dealkylation sites (tertiary alicyclic amines) is 1. The summed E-state index contributed by atoms with van der Waals surface area (Å²) in [5.41, 5.74) is 1.59. The first-order chi connectivity index (χ1) is 9.15. The number of nitrogens with zero attached hydrogens (tertiary/aromatic N) is 2. The van der Waals surface area contributed by atoms with Gasteiger partial charge in [0.2, 0.25) is 0 Å². The maximum absolute atomic E-state index is 12.6. The summed E-state index contributed by atoms with van der Waals surface area (Å²) >= 11 is 6.02. The van der Waals surface area contributed by atoms with E-state index in [4.69, 9.17) is 11.6 Å². The van der Waals surface area contributed by atoms with Crippen molar-refractivity contribution in [2.75, 3.05) is 6.54 Å². The lowest BCUT2D eigenvalue weighted by atomic mass is 10.1. The zero-order valence-electron chi connectivity index (χ0n) is 11.7. The van der Waals surface area contributed by atoms with Crippen molar-refractivity contribution in [3.8, 4) is 0 Å². The Morgan fingerprint density at radius 1 is 1.47 bits per heavy atom. The number of rotatable bonds is 4. The Morgan fingerprint density at radius 2 is 2.26 bits per heavy atom. The highest BCUT2D eigenvalue weighted by Crippen LogP contribution is 2.23. The van der Waals surface area contributed by atoms with Gasteiger partial charge in [-0.2, -0.15) is 0 Å². The molecule has 19 heavy (non-hydrogen) atoms. The Kier molecular flexibility index (Phi) is 4.81. The molecule has 1 amide bonds. The molecule has 2 heterocycles. The molecular formula is C15H21ClN2O. The molecule has 3 nitrogen and oxygen atoms in total. The minimum absolute atomic E-state index is 0.103. The molecular weight excluding hydrogens is 260 g/mol. The van der Waals surface area contributed by atoms with Gasteiger partial charge in [0.1, 0.15) is 5.15 Å². The molecule has 1 aliphatic rings. The Bertz CT molecular complexity index is 461. The predicted octanol–water partition coefficient (Wildman–Crippen LogP) is 3.70. The normalized spacial score (nSPS) is 18.9. The van der Waals surface area contributed by atoms with E-state index < -0.39 is 0 Å². The monoisotopic (exact) mass is 280 g/mol. The number of hydrogen-bond donors (Lipinski definition) is 0. The number of aryl methyl sites for hydroxylation is 1. The minimum Gasteiger partial charge on any atom is -0.336 e. The highest BCUT2D eigenvalue weighted by atomic mass is 35.5. The van der Waals surface area contributed by atoms with Crippen LogP contribution in [0, 0.1) is 0 Å². The maximum atomic E-state index is 12.6. The zero-order chi connectivity index (χ0) is 13.8. The average Bonchev–Trinajstić information content (AvgIpc) is 2.85. The van der Waals surface area contributed by atoms with Crippen molar-refractivity contribution in [3.63, 3.8) is 0 Å². The fourth-order valence-corrected chi connectivity index (χ4v) is 2.98. The lowest BCUT2D eigenvalue weighted by Crippen LogP contribution is -2.35. The molecule has 1 aromatic heterocycles. The van der Waals surface area contributed by atoms with E-state index in [1.807, 2.05) is 11.0 Å². The van der Waals surface area contributed by atoms with Crippen LogP contribution in [0.2, 0.25) is 5.15 Å². The van der Waals surface area contributed by atoms with E-state index in [-0.39, 0.29) is 5.91 Å². The van der Waals surface area contributed by atoms with Gasteiger partial charge in [0, 0.05) is 23.8 Å². The van der Waals surface area contributed by atoms with Gasteiger partial charge in [0.05, 0.1) is 0 Å². The van der Waals surface area contributed by atoms with Crippen LogP contribution in [-0.2, 0) is 6.42 Å². The molecule has 1 aromatic rings. The Balaban J connectivity index is 2.23. The van der Waals surface area contributed by atoms with E-state index in [9.17, 15) is 4.79 Å². The molecule has 0 spiro atoms. The van der Waals surface area contributed by atoms with Gasteiger partial charge < -0.3 is 4.90 Å². The summed E-state index contributed by atoms with van der Waals surface area (Å²) in [6.07, 6.45) is 5.10. The third-order valence-corrected chi connectivity index (χ3v) is 3.90. The smallest absolute Gasteiger partial charge is 0.254 e. The van der Waals surface area contributed by atoms with Crippen LogP contribution in [0.25, 0.3) is 0 Å². The van der Waals surface area contributed by atoms with E-state index in [2.05, 4.69) is 18.8 Å². The summed E-state index contributed by atoms with van der Waals surface area (Å²) in [6, 6.07) is 3.96. The molecule has 104 valence electrons. The molecule has 0 saturated carbocycles. The Labute approximate surface area is 120 Å². The van der Waals surface area contributed by atoms with Gasteiger partial charge in [-0.3, -0.25) is 4.79 Å². The topological polar surface area (TPSA) is 33.2 Å². The largest absolute Gasteiger partial charge is 0.336 e. The molecule has 1 saturated heterocycles. The number of hydrogen-bond acceptors (Lipinski definition) is 2. The second kappa shape index (κ2) is 6.38. The molecule has 0 bridgehead atoms. The molecule has 4 heteroatoms. The second-order valence-electron chi connectivity index (χ2n) is 5.12.